The summed E-state index contributed by atoms with van der Waals surface area (Å²) in [5.74, 6) is -3.00. The maximum atomic E-state index is 13.4. The van der Waals surface area contributed by atoms with Crippen molar-refractivity contribution in [3.63, 3.8) is 0 Å². The molecule has 0 aliphatic carbocycles. The summed E-state index contributed by atoms with van der Waals surface area (Å²) >= 11 is 1.13. The second kappa shape index (κ2) is 12.0. The van der Waals surface area contributed by atoms with Crippen molar-refractivity contribution in [2.24, 2.45) is 18.9 Å². The van der Waals surface area contributed by atoms with Crippen LogP contribution in [0.2, 0.25) is 0 Å². The Labute approximate surface area is 262 Å². The molecule has 2 aliphatic heterocycles. The first kappa shape index (κ1) is 34.9. The molecular weight excluding hydrogens is 685 g/mol. The number of nitro benzene ring substituents is 1. The second-order valence-corrected chi connectivity index (χ2v) is 15.0. The van der Waals surface area contributed by atoms with Crippen molar-refractivity contribution in [1.29, 1.82) is 0 Å². The minimum atomic E-state index is -6.09. The van der Waals surface area contributed by atoms with E-state index in [1.165, 1.54) is 40.7 Å². The summed E-state index contributed by atoms with van der Waals surface area (Å²) in [5, 5.41) is 31.0. The molecule has 250 valence electrons. The van der Waals surface area contributed by atoms with Crippen LogP contribution in [0.3, 0.4) is 0 Å². The zero-order chi connectivity index (χ0) is 34.7. The van der Waals surface area contributed by atoms with Crippen LogP contribution in [0.5, 0.6) is 0 Å². The molecule has 46 heavy (non-hydrogen) atoms. The summed E-state index contributed by atoms with van der Waals surface area (Å²) in [4.78, 5) is 37.4. The molecule has 2 N–H and O–H groups in total. The highest BCUT2D eigenvalue weighted by Crippen LogP contribution is 2.51. The van der Waals surface area contributed by atoms with Crippen LogP contribution in [0.4, 0.5) is 18.9 Å². The zero-order valence-corrected chi connectivity index (χ0v) is 26.4. The number of carbonyl (C=O) groups is 2. The molecule has 15 nitrogen and oxygen atoms in total. The number of carboxylic acid groups (broad SMARTS) is 1. The van der Waals surface area contributed by atoms with Gasteiger partial charge < -0.3 is 19.7 Å². The van der Waals surface area contributed by atoms with Crippen LogP contribution in [0.25, 0.3) is 10.4 Å². The highest BCUT2D eigenvalue weighted by atomic mass is 32.2. The van der Waals surface area contributed by atoms with Crippen molar-refractivity contribution in [3.05, 3.63) is 63.0 Å². The molecule has 0 saturated carbocycles. The molecule has 5 rings (SSSR count). The Kier molecular flexibility index (Phi) is 9.13. The number of thiazole rings is 1. The molecule has 4 heterocycles. The number of aliphatic hydroxyl groups is 1. The van der Waals surface area contributed by atoms with Crippen LogP contribution in [-0.2, 0) is 43.0 Å². The van der Waals surface area contributed by atoms with E-state index in [-0.39, 0.29) is 34.5 Å². The van der Waals surface area contributed by atoms with Gasteiger partial charge in [0.15, 0.2) is 10.1 Å². The fourth-order valence-electron chi connectivity index (χ4n) is 5.50. The summed E-state index contributed by atoms with van der Waals surface area (Å²) in [6.45, 7) is 3.32. The fourth-order valence-corrected chi connectivity index (χ4v) is 8.77. The van der Waals surface area contributed by atoms with E-state index in [2.05, 4.69) is 0 Å². The number of imidazole rings is 1. The number of aromatic nitrogens is 2. The molecule has 1 fully saturated rings. The lowest BCUT2D eigenvalue weighted by molar-refractivity contribution is -0.508. The molecule has 1 aromatic carbocycles. The summed E-state index contributed by atoms with van der Waals surface area (Å²) in [6, 6.07) is 5.23. The maximum absolute atomic E-state index is 13.4. The summed E-state index contributed by atoms with van der Waals surface area (Å²) in [5.41, 5.74) is -4.79. The third-order valence-electron chi connectivity index (χ3n) is 7.52. The highest BCUT2D eigenvalue weighted by Gasteiger charge is 2.60. The Morgan fingerprint density at radius 2 is 1.76 bits per heavy atom. The first-order valence-electron chi connectivity index (χ1n) is 13.1. The van der Waals surface area contributed by atoms with Crippen molar-refractivity contribution in [1.82, 2.24) is 9.47 Å². The molecule has 2 aliphatic rings. The highest BCUT2D eigenvalue weighted by molar-refractivity contribution is 7.91. The summed E-state index contributed by atoms with van der Waals surface area (Å²) < 4.78 is 88.8. The Bertz CT molecular complexity index is 1980. The number of fused-ring (bicyclic) bond motifs is 2. The quantitative estimate of drug-likeness (QED) is 0.0851. The maximum Gasteiger partial charge on any atom is 0.485 e. The van der Waals surface area contributed by atoms with Crippen molar-refractivity contribution >= 4 is 59.3 Å². The molecule has 0 radical (unpaired) electrons. The number of sulfone groups is 1. The second-order valence-electron chi connectivity index (χ2n) is 10.6. The number of β-lactam (4-membered cyclic amide) rings is 1. The number of hydrogen-bond acceptors (Lipinski definition) is 11. The lowest BCUT2D eigenvalue weighted by Gasteiger charge is -2.46. The van der Waals surface area contributed by atoms with Gasteiger partial charge >= 0.3 is 11.5 Å². The Morgan fingerprint density at radius 3 is 2.24 bits per heavy atom. The van der Waals surface area contributed by atoms with E-state index in [0.29, 0.717) is 20.8 Å². The number of aliphatic carboxylic acids is 1. The van der Waals surface area contributed by atoms with Gasteiger partial charge in [0.25, 0.3) is 17.0 Å². The van der Waals surface area contributed by atoms with E-state index in [9.17, 15) is 51.5 Å². The van der Waals surface area contributed by atoms with Gasteiger partial charge in [0.05, 0.1) is 40.7 Å². The molecular formula is C25H25F3N4O11S3. The van der Waals surface area contributed by atoms with Gasteiger partial charge in [-0.05, 0) is 18.9 Å². The van der Waals surface area contributed by atoms with Crippen LogP contribution < -0.4 is 4.40 Å². The Hall–Kier alpha value is -3.92. The molecule has 3 aromatic rings. The van der Waals surface area contributed by atoms with Gasteiger partial charge in [0, 0.05) is 23.6 Å². The molecule has 0 spiro atoms. The third kappa shape index (κ3) is 6.24. The van der Waals surface area contributed by atoms with E-state index in [1.807, 2.05) is 6.92 Å². The molecule has 0 unspecified atom stereocenters. The van der Waals surface area contributed by atoms with Crippen molar-refractivity contribution < 1.29 is 63.7 Å². The van der Waals surface area contributed by atoms with Crippen molar-refractivity contribution in [2.75, 3.05) is 5.75 Å². The number of nitrogens with zero attached hydrogens (tertiary/aromatic N) is 4. The standard InChI is InChI=1S/C24H24N4O8S2.CHF3O3S/c1-12-17(20(24(31)32)27-19(12)18(13(2)29)21(27)30)16-10-26-11-25(3)23(22(26)37-16)38(35,36)9-8-14-4-6-15(7-5-14)28(33)34;2-1(3,4)8(5,6)7/h4-7,10-13,18-19,29H,8-9H2,1-3H3;(H,5,6,7)/t12-,13+,18+,19+;/m0./s1. The average Bonchev–Trinajstić information content (AvgIpc) is 3.53. The van der Waals surface area contributed by atoms with Gasteiger partial charge in [-0.3, -0.25) is 14.9 Å². The number of carbonyl (C=O) groups excluding carboxylic acids is 1. The largest absolute Gasteiger partial charge is 0.741 e. The first-order valence-corrected chi connectivity index (χ1v) is 16.9. The number of aryl methyl sites for hydroxylation is 2. The van der Waals surface area contributed by atoms with E-state index in [4.69, 9.17) is 13.0 Å². The van der Waals surface area contributed by atoms with Crippen molar-refractivity contribution in [2.45, 2.75) is 42.9 Å². The van der Waals surface area contributed by atoms with Gasteiger partial charge in [-0.25, -0.2) is 26.2 Å². The lowest BCUT2D eigenvalue weighted by Crippen LogP contribution is -2.63. The van der Waals surface area contributed by atoms with Crippen molar-refractivity contribution in [3.8, 4) is 0 Å². The number of carboxylic acids is 1. The van der Waals surface area contributed by atoms with E-state index >= 15 is 0 Å². The topological polar surface area (TPSA) is 221 Å². The average molecular weight is 711 g/mol. The monoisotopic (exact) mass is 710 g/mol. The summed E-state index contributed by atoms with van der Waals surface area (Å²) in [6.07, 6.45) is 2.48. The SMILES string of the molecule is C[C@@H](O)[C@H]1C(=O)N2C(C(=O)O)=C(c3c[n+]4cn(C)c(S(=O)(=O)CCc5ccc([N+](=O)[O-])cc5)c4s3)[C@H](C)[C@H]12.O=S(=O)([O-])C(F)(F)F. The van der Waals surface area contributed by atoms with Gasteiger partial charge in [0.1, 0.15) is 11.9 Å². The number of benzene rings is 1. The van der Waals surface area contributed by atoms with E-state index < -0.39 is 60.3 Å². The van der Waals surface area contributed by atoms with Gasteiger partial charge in [-0.15, -0.1) is 0 Å². The number of alkyl halides is 3. The van der Waals surface area contributed by atoms with Gasteiger partial charge in [-0.2, -0.15) is 17.6 Å². The zero-order valence-electron chi connectivity index (χ0n) is 23.9. The number of non-ortho nitro benzene ring substituents is 1. The molecule has 0 bridgehead atoms. The predicted molar refractivity (Wildman–Crippen MR) is 151 cm³/mol. The number of hydrogen-bond donors (Lipinski definition) is 2. The molecule has 21 heteroatoms. The van der Waals surface area contributed by atoms with Crippen LogP contribution in [0.1, 0.15) is 24.3 Å². The molecule has 1 saturated heterocycles. The van der Waals surface area contributed by atoms with Crippen LogP contribution >= 0.6 is 11.3 Å². The number of amides is 1. The van der Waals surface area contributed by atoms with Gasteiger partial charge in [0.2, 0.25) is 20.6 Å². The lowest BCUT2D eigenvalue weighted by atomic mass is 9.77. The Balaban J connectivity index is 0.000000533. The van der Waals surface area contributed by atoms with E-state index in [0.717, 1.165) is 11.3 Å². The van der Waals surface area contributed by atoms with Crippen LogP contribution in [-0.4, -0.2) is 81.3 Å². The number of nitro groups is 1. The molecule has 4 atom stereocenters. The van der Waals surface area contributed by atoms with Gasteiger partial charge in [-0.1, -0.05) is 30.4 Å². The van der Waals surface area contributed by atoms with Crippen LogP contribution in [0.15, 0.2) is 47.5 Å². The fraction of sp³-hybridized carbons (Fsp3) is 0.400. The minimum absolute atomic E-state index is 0.0694. The van der Waals surface area contributed by atoms with Crippen LogP contribution in [0, 0.1) is 22.0 Å². The number of aliphatic hydroxyl groups excluding tert-OH is 1. The normalized spacial score (nSPS) is 20.7. The third-order valence-corrected chi connectivity index (χ3v) is 11.2. The predicted octanol–water partition coefficient (Wildman–Crippen LogP) is 1.45. The molecule has 2 aromatic heterocycles. The number of rotatable bonds is 8. The Morgan fingerprint density at radius 1 is 1.20 bits per heavy atom. The number of halogens is 3. The minimum Gasteiger partial charge on any atom is -0.741 e. The van der Waals surface area contributed by atoms with E-state index in [1.54, 1.807) is 24.0 Å². The summed E-state index contributed by atoms with van der Waals surface area (Å²) in [7, 11) is -8.28. The molecule has 1 amide bonds. The smallest absolute Gasteiger partial charge is 0.485 e. The first-order chi connectivity index (χ1) is 21.1.